The first-order chi connectivity index (χ1) is 14.2. The van der Waals surface area contributed by atoms with Crippen molar-refractivity contribution in [2.24, 2.45) is 0 Å². The zero-order valence-electron chi connectivity index (χ0n) is 15.6. The maximum Gasteiger partial charge on any atom is 0.264 e. The van der Waals surface area contributed by atoms with E-state index in [0.29, 0.717) is 28.1 Å². The van der Waals surface area contributed by atoms with E-state index in [9.17, 15) is 13.2 Å². The maximum atomic E-state index is 12.3. The van der Waals surface area contributed by atoms with Gasteiger partial charge in [-0.2, -0.15) is 0 Å². The molecule has 0 bridgehead atoms. The summed E-state index contributed by atoms with van der Waals surface area (Å²) in [5.74, 6) is -0.215. The van der Waals surface area contributed by atoms with Crippen LogP contribution in [0.3, 0.4) is 0 Å². The predicted octanol–water partition coefficient (Wildman–Crippen LogP) is 4.72. The van der Waals surface area contributed by atoms with Gasteiger partial charge in [-0.3, -0.25) is 4.79 Å². The number of nitrogens with zero attached hydrogens (tertiary/aromatic N) is 2. The van der Waals surface area contributed by atoms with Gasteiger partial charge in [0.25, 0.3) is 15.9 Å². The number of sulfonamides is 1. The molecule has 3 rings (SSSR count). The fraction of sp³-hybridized carbons (Fsp3) is 0.100. The third-order valence-corrected chi connectivity index (χ3v) is 6.41. The van der Waals surface area contributed by atoms with E-state index in [1.54, 1.807) is 47.9 Å². The zero-order chi connectivity index (χ0) is 21.9. The Balaban J connectivity index is 1.83. The normalized spacial score (nSPS) is 11.7. The molecule has 0 aliphatic heterocycles. The number of benzene rings is 2. The van der Waals surface area contributed by atoms with Gasteiger partial charge in [-0.25, -0.2) is 18.1 Å². The minimum absolute atomic E-state index is 0.0111. The van der Waals surface area contributed by atoms with Crippen molar-refractivity contribution in [1.82, 2.24) is 14.3 Å². The average molecular weight is 485 g/mol. The van der Waals surface area contributed by atoms with Crippen LogP contribution >= 0.6 is 34.8 Å². The monoisotopic (exact) mass is 483 g/mol. The molecule has 1 aromatic heterocycles. The van der Waals surface area contributed by atoms with Crippen LogP contribution < -0.4 is 4.72 Å². The lowest BCUT2D eigenvalue weighted by Gasteiger charge is -2.10. The summed E-state index contributed by atoms with van der Waals surface area (Å²) in [5, 5.41) is 1.17. The van der Waals surface area contributed by atoms with Gasteiger partial charge in [-0.15, -0.1) is 0 Å². The second-order valence-electron chi connectivity index (χ2n) is 6.27. The minimum Gasteiger partial charge on any atom is -0.323 e. The van der Waals surface area contributed by atoms with E-state index in [4.69, 9.17) is 34.8 Å². The molecule has 0 aliphatic carbocycles. The van der Waals surface area contributed by atoms with Crippen LogP contribution in [0.1, 0.15) is 17.1 Å². The lowest BCUT2D eigenvalue weighted by molar-refractivity contribution is -0.114. The molecule has 156 valence electrons. The molecule has 0 radical (unpaired) electrons. The van der Waals surface area contributed by atoms with E-state index in [-0.39, 0.29) is 10.0 Å². The number of imidazole rings is 1. The summed E-state index contributed by atoms with van der Waals surface area (Å²) >= 11 is 18.4. The van der Waals surface area contributed by atoms with Crippen molar-refractivity contribution in [3.8, 4) is 0 Å². The highest BCUT2D eigenvalue weighted by Gasteiger charge is 2.17. The summed E-state index contributed by atoms with van der Waals surface area (Å²) in [6, 6.07) is 12.7. The summed E-state index contributed by atoms with van der Waals surface area (Å²) in [4.78, 5) is 16.4. The van der Waals surface area contributed by atoms with Crippen molar-refractivity contribution in [2.45, 2.75) is 18.4 Å². The Morgan fingerprint density at radius 1 is 1.13 bits per heavy atom. The molecule has 0 fully saturated rings. The van der Waals surface area contributed by atoms with E-state index >= 15 is 0 Å². The predicted molar refractivity (Wildman–Crippen MR) is 118 cm³/mol. The van der Waals surface area contributed by atoms with Gasteiger partial charge in [-0.05, 0) is 42.8 Å². The Morgan fingerprint density at radius 3 is 2.50 bits per heavy atom. The fourth-order valence-electron chi connectivity index (χ4n) is 2.70. The minimum atomic E-state index is -3.97. The molecule has 1 N–H and O–H groups in total. The molecule has 3 aromatic rings. The summed E-state index contributed by atoms with van der Waals surface area (Å²) in [5.41, 5.74) is 1.22. The standard InChI is InChI=1S/C20H16Cl3N3O3S/c1-13-24-20(23)18(26(13)12-14-7-8-15(21)11-17(14)22)9-10-19(27)25-30(28,29)16-5-3-2-4-6-16/h2-11H,12H2,1H3,(H,25,27). The first-order valence-electron chi connectivity index (χ1n) is 8.64. The van der Waals surface area contributed by atoms with Gasteiger partial charge in [0.15, 0.2) is 5.15 Å². The van der Waals surface area contributed by atoms with E-state index in [1.807, 2.05) is 4.72 Å². The van der Waals surface area contributed by atoms with Gasteiger partial charge < -0.3 is 4.57 Å². The molecule has 1 amide bonds. The second kappa shape index (κ2) is 9.22. The molecule has 10 heteroatoms. The highest BCUT2D eigenvalue weighted by atomic mass is 35.5. The van der Waals surface area contributed by atoms with Crippen LogP contribution in [-0.2, 0) is 21.4 Å². The molecular weight excluding hydrogens is 469 g/mol. The van der Waals surface area contributed by atoms with Crippen LogP contribution in [0.4, 0.5) is 0 Å². The van der Waals surface area contributed by atoms with E-state index in [1.165, 1.54) is 18.2 Å². The number of aromatic nitrogens is 2. The number of halogens is 3. The fourth-order valence-corrected chi connectivity index (χ4v) is 4.43. The number of carbonyl (C=O) groups excluding carboxylic acids is 1. The SMILES string of the molecule is Cc1nc(Cl)c(C=CC(=O)NS(=O)(=O)c2ccccc2)n1Cc1ccc(Cl)cc1Cl. The van der Waals surface area contributed by atoms with Crippen molar-refractivity contribution < 1.29 is 13.2 Å². The number of hydrogen-bond donors (Lipinski definition) is 1. The lowest BCUT2D eigenvalue weighted by atomic mass is 10.2. The Hall–Kier alpha value is -2.32. The molecule has 1 heterocycles. The number of hydrogen-bond acceptors (Lipinski definition) is 4. The van der Waals surface area contributed by atoms with Crippen LogP contribution in [0.15, 0.2) is 59.5 Å². The maximum absolute atomic E-state index is 12.3. The first-order valence-corrected chi connectivity index (χ1v) is 11.3. The van der Waals surface area contributed by atoms with Crippen LogP contribution in [-0.4, -0.2) is 23.9 Å². The van der Waals surface area contributed by atoms with Crippen LogP contribution in [0.2, 0.25) is 15.2 Å². The first kappa shape index (κ1) is 22.4. The summed E-state index contributed by atoms with van der Waals surface area (Å²) in [6.45, 7) is 2.10. The van der Waals surface area contributed by atoms with Gasteiger partial charge in [0.05, 0.1) is 17.1 Å². The summed E-state index contributed by atoms with van der Waals surface area (Å²) in [6.07, 6.45) is 2.49. The van der Waals surface area contributed by atoms with Gasteiger partial charge in [0.1, 0.15) is 5.82 Å². The molecule has 30 heavy (non-hydrogen) atoms. The smallest absolute Gasteiger partial charge is 0.264 e. The van der Waals surface area contributed by atoms with Crippen molar-refractivity contribution in [3.63, 3.8) is 0 Å². The molecule has 0 saturated heterocycles. The number of amides is 1. The van der Waals surface area contributed by atoms with Crippen molar-refractivity contribution in [2.75, 3.05) is 0 Å². The van der Waals surface area contributed by atoms with Gasteiger partial charge in [-0.1, -0.05) is 59.1 Å². The molecule has 0 atom stereocenters. The Labute approximate surface area is 189 Å². The molecule has 6 nitrogen and oxygen atoms in total. The number of aryl methyl sites for hydroxylation is 1. The highest BCUT2D eigenvalue weighted by Crippen LogP contribution is 2.25. The number of rotatable bonds is 6. The van der Waals surface area contributed by atoms with Gasteiger partial charge in [0, 0.05) is 16.1 Å². The lowest BCUT2D eigenvalue weighted by Crippen LogP contribution is -2.28. The van der Waals surface area contributed by atoms with Crippen molar-refractivity contribution in [1.29, 1.82) is 0 Å². The highest BCUT2D eigenvalue weighted by molar-refractivity contribution is 7.90. The molecule has 0 saturated carbocycles. The zero-order valence-corrected chi connectivity index (χ0v) is 18.7. The van der Waals surface area contributed by atoms with Crippen molar-refractivity contribution in [3.05, 3.63) is 86.9 Å². The molecule has 2 aromatic carbocycles. The van der Waals surface area contributed by atoms with Crippen LogP contribution in [0.25, 0.3) is 6.08 Å². The largest absolute Gasteiger partial charge is 0.323 e. The molecule has 0 unspecified atom stereocenters. The van der Waals surface area contributed by atoms with Gasteiger partial charge >= 0.3 is 0 Å². The second-order valence-corrected chi connectivity index (χ2v) is 9.16. The Bertz CT molecular complexity index is 1220. The summed E-state index contributed by atoms with van der Waals surface area (Å²) < 4.78 is 28.3. The van der Waals surface area contributed by atoms with E-state index < -0.39 is 15.9 Å². The quantitative estimate of drug-likeness (QED) is 0.513. The Morgan fingerprint density at radius 2 is 1.83 bits per heavy atom. The molecular formula is C20H16Cl3N3O3S. The van der Waals surface area contributed by atoms with E-state index in [2.05, 4.69) is 4.98 Å². The summed E-state index contributed by atoms with van der Waals surface area (Å²) in [7, 11) is -3.97. The third-order valence-electron chi connectivity index (χ3n) is 4.18. The van der Waals surface area contributed by atoms with Gasteiger partial charge in [0.2, 0.25) is 0 Å². The number of carbonyl (C=O) groups is 1. The van der Waals surface area contributed by atoms with Crippen LogP contribution in [0.5, 0.6) is 0 Å². The molecule has 0 spiro atoms. The van der Waals surface area contributed by atoms with Crippen molar-refractivity contribution >= 4 is 56.8 Å². The average Bonchev–Trinajstić information content (AvgIpc) is 2.95. The third kappa shape index (κ3) is 5.23. The van der Waals surface area contributed by atoms with Crippen LogP contribution in [0, 0.1) is 6.92 Å². The molecule has 0 aliphatic rings. The van der Waals surface area contributed by atoms with E-state index in [0.717, 1.165) is 11.6 Å². The topological polar surface area (TPSA) is 81.1 Å². The Kier molecular flexibility index (Phi) is 6.88. The number of nitrogens with one attached hydrogen (secondary N) is 1.